The Morgan fingerprint density at radius 2 is 1.83 bits per heavy atom. The second-order valence-electron chi connectivity index (χ2n) is 6.08. The molecule has 0 fully saturated rings. The maximum absolute atomic E-state index is 12.1. The van der Waals surface area contributed by atoms with Crippen LogP contribution in [-0.2, 0) is 4.74 Å². The standard InChI is InChI=1S/C21H27ClN4O3.HI/c1-23-21(25-12-11-24-20(27)18-9-3-4-10-19(18)22)26-16-7-5-8-17(15-16)29-14-6-13-28-2;/h3-5,7-10,15H,6,11-14H2,1-2H3,(H,24,27)(H2,23,25,26);1H. The van der Waals surface area contributed by atoms with E-state index in [9.17, 15) is 4.79 Å². The van der Waals surface area contributed by atoms with Gasteiger partial charge in [0.05, 0.1) is 17.2 Å². The number of benzene rings is 2. The Balaban J connectivity index is 0.00000450. The van der Waals surface area contributed by atoms with E-state index in [0.29, 0.717) is 42.8 Å². The van der Waals surface area contributed by atoms with Gasteiger partial charge in [-0.25, -0.2) is 0 Å². The average Bonchev–Trinajstić information content (AvgIpc) is 2.74. The van der Waals surface area contributed by atoms with Gasteiger partial charge in [-0.05, 0) is 24.3 Å². The summed E-state index contributed by atoms with van der Waals surface area (Å²) in [6.45, 7) is 2.19. The molecule has 1 amide bonds. The van der Waals surface area contributed by atoms with Crippen molar-refractivity contribution in [3.05, 3.63) is 59.1 Å². The van der Waals surface area contributed by atoms with E-state index in [4.69, 9.17) is 21.1 Å². The minimum Gasteiger partial charge on any atom is -0.493 e. The topological polar surface area (TPSA) is 84.0 Å². The quantitative estimate of drug-likeness (QED) is 0.183. The number of rotatable bonds is 10. The summed E-state index contributed by atoms with van der Waals surface area (Å²) in [5, 5.41) is 9.61. The van der Waals surface area contributed by atoms with Crippen LogP contribution in [0, 0.1) is 0 Å². The number of anilines is 1. The molecule has 3 N–H and O–H groups in total. The fraction of sp³-hybridized carbons (Fsp3) is 0.333. The Kier molecular flexibility index (Phi) is 12.9. The largest absolute Gasteiger partial charge is 0.493 e. The van der Waals surface area contributed by atoms with Crippen LogP contribution >= 0.6 is 35.6 Å². The van der Waals surface area contributed by atoms with Gasteiger partial charge < -0.3 is 25.4 Å². The molecule has 0 heterocycles. The lowest BCUT2D eigenvalue weighted by atomic mass is 10.2. The first-order chi connectivity index (χ1) is 14.1. The van der Waals surface area contributed by atoms with Gasteiger partial charge in [-0.15, -0.1) is 24.0 Å². The molecule has 7 nitrogen and oxygen atoms in total. The highest BCUT2D eigenvalue weighted by atomic mass is 127. The molecule has 164 valence electrons. The van der Waals surface area contributed by atoms with Gasteiger partial charge in [-0.1, -0.05) is 29.8 Å². The Bertz CT molecular complexity index is 820. The van der Waals surface area contributed by atoms with Crippen molar-refractivity contribution in [2.45, 2.75) is 6.42 Å². The van der Waals surface area contributed by atoms with Crippen LogP contribution in [0.25, 0.3) is 0 Å². The van der Waals surface area contributed by atoms with Crippen LogP contribution in [0.3, 0.4) is 0 Å². The Labute approximate surface area is 199 Å². The van der Waals surface area contributed by atoms with Crippen molar-refractivity contribution in [2.75, 3.05) is 45.8 Å². The van der Waals surface area contributed by atoms with E-state index in [0.717, 1.165) is 17.9 Å². The molecule has 0 unspecified atom stereocenters. The molecule has 0 saturated heterocycles. The number of nitrogens with one attached hydrogen (secondary N) is 3. The van der Waals surface area contributed by atoms with E-state index in [2.05, 4.69) is 20.9 Å². The number of halogens is 2. The summed E-state index contributed by atoms with van der Waals surface area (Å²) in [6.07, 6.45) is 0.831. The van der Waals surface area contributed by atoms with Gasteiger partial charge in [0.2, 0.25) is 0 Å². The lowest BCUT2D eigenvalue weighted by molar-refractivity contribution is 0.0954. The average molecular weight is 547 g/mol. The van der Waals surface area contributed by atoms with Crippen LogP contribution in [0.1, 0.15) is 16.8 Å². The zero-order valence-corrected chi connectivity index (χ0v) is 20.2. The molecule has 0 saturated carbocycles. The fourth-order valence-electron chi connectivity index (χ4n) is 2.47. The smallest absolute Gasteiger partial charge is 0.252 e. The van der Waals surface area contributed by atoms with Gasteiger partial charge in [0.25, 0.3) is 5.91 Å². The highest BCUT2D eigenvalue weighted by Gasteiger charge is 2.08. The summed E-state index contributed by atoms with van der Waals surface area (Å²) in [7, 11) is 3.36. The van der Waals surface area contributed by atoms with Crippen molar-refractivity contribution in [3.8, 4) is 5.75 Å². The molecule has 0 aromatic heterocycles. The molecular weight excluding hydrogens is 519 g/mol. The zero-order chi connectivity index (χ0) is 20.9. The SMILES string of the molecule is CN=C(NCCNC(=O)c1ccccc1Cl)Nc1cccc(OCCCOC)c1.I. The number of hydrogen-bond acceptors (Lipinski definition) is 4. The number of methoxy groups -OCH3 is 1. The van der Waals surface area contributed by atoms with Crippen LogP contribution in [0.2, 0.25) is 5.02 Å². The van der Waals surface area contributed by atoms with Crippen molar-refractivity contribution >= 4 is 53.1 Å². The normalized spacial score (nSPS) is 10.7. The van der Waals surface area contributed by atoms with Crippen molar-refractivity contribution in [3.63, 3.8) is 0 Å². The highest BCUT2D eigenvalue weighted by molar-refractivity contribution is 14.0. The second kappa shape index (κ2) is 14.9. The molecule has 0 aliphatic rings. The van der Waals surface area contributed by atoms with E-state index in [-0.39, 0.29) is 29.9 Å². The monoisotopic (exact) mass is 546 g/mol. The Hall–Kier alpha value is -2.04. The molecule has 2 aromatic carbocycles. The molecule has 0 radical (unpaired) electrons. The summed E-state index contributed by atoms with van der Waals surface area (Å²) in [5.41, 5.74) is 1.31. The van der Waals surface area contributed by atoms with E-state index in [1.807, 2.05) is 24.3 Å². The number of guanidine groups is 1. The van der Waals surface area contributed by atoms with Crippen LogP contribution in [0.4, 0.5) is 5.69 Å². The number of nitrogens with zero attached hydrogens (tertiary/aromatic N) is 1. The van der Waals surface area contributed by atoms with Crippen LogP contribution in [-0.4, -0.2) is 52.3 Å². The summed E-state index contributed by atoms with van der Waals surface area (Å²) >= 11 is 6.03. The van der Waals surface area contributed by atoms with Gasteiger partial charge in [0, 0.05) is 52.0 Å². The molecule has 0 atom stereocenters. The Morgan fingerprint density at radius 3 is 2.57 bits per heavy atom. The first kappa shape index (κ1) is 26.0. The molecular formula is C21H28ClIN4O3. The van der Waals surface area contributed by atoms with Gasteiger partial charge in [-0.2, -0.15) is 0 Å². The first-order valence-corrected chi connectivity index (χ1v) is 9.74. The minimum absolute atomic E-state index is 0. The van der Waals surface area contributed by atoms with Gasteiger partial charge in [0.1, 0.15) is 5.75 Å². The molecule has 0 bridgehead atoms. The summed E-state index contributed by atoms with van der Waals surface area (Å²) < 4.78 is 10.7. The number of carbonyl (C=O) groups excluding carboxylic acids is 1. The summed E-state index contributed by atoms with van der Waals surface area (Å²) in [6, 6.07) is 14.6. The van der Waals surface area contributed by atoms with Crippen LogP contribution in [0.15, 0.2) is 53.5 Å². The van der Waals surface area contributed by atoms with Crippen LogP contribution < -0.4 is 20.7 Å². The fourth-order valence-corrected chi connectivity index (χ4v) is 2.69. The second-order valence-corrected chi connectivity index (χ2v) is 6.49. The summed E-state index contributed by atoms with van der Waals surface area (Å²) in [5.74, 6) is 1.15. The molecule has 9 heteroatoms. The lowest BCUT2D eigenvalue weighted by Crippen LogP contribution is -2.37. The van der Waals surface area contributed by atoms with E-state index in [1.165, 1.54) is 0 Å². The summed E-state index contributed by atoms with van der Waals surface area (Å²) in [4.78, 5) is 16.3. The maximum atomic E-state index is 12.1. The molecule has 0 spiro atoms. The Morgan fingerprint density at radius 1 is 1.07 bits per heavy atom. The third-order valence-corrected chi connectivity index (χ3v) is 4.23. The maximum Gasteiger partial charge on any atom is 0.252 e. The molecule has 2 aromatic rings. The predicted octanol–water partition coefficient (Wildman–Crippen LogP) is 3.79. The highest BCUT2D eigenvalue weighted by Crippen LogP contribution is 2.17. The predicted molar refractivity (Wildman–Crippen MR) is 133 cm³/mol. The van der Waals surface area contributed by atoms with E-state index >= 15 is 0 Å². The van der Waals surface area contributed by atoms with Crippen LogP contribution in [0.5, 0.6) is 5.75 Å². The van der Waals surface area contributed by atoms with Gasteiger partial charge in [-0.3, -0.25) is 9.79 Å². The molecule has 30 heavy (non-hydrogen) atoms. The number of ether oxygens (including phenoxy) is 2. The van der Waals surface area contributed by atoms with Crippen molar-refractivity contribution < 1.29 is 14.3 Å². The van der Waals surface area contributed by atoms with Crippen molar-refractivity contribution in [2.24, 2.45) is 4.99 Å². The zero-order valence-electron chi connectivity index (χ0n) is 17.1. The number of aliphatic imine (C=N–C) groups is 1. The molecule has 2 rings (SSSR count). The lowest BCUT2D eigenvalue weighted by Gasteiger charge is -2.13. The third-order valence-electron chi connectivity index (χ3n) is 3.90. The first-order valence-electron chi connectivity index (χ1n) is 9.36. The molecule has 0 aliphatic heterocycles. The number of carbonyl (C=O) groups is 1. The van der Waals surface area contributed by atoms with E-state index < -0.39 is 0 Å². The molecule has 0 aliphatic carbocycles. The van der Waals surface area contributed by atoms with Gasteiger partial charge >= 0.3 is 0 Å². The number of hydrogen-bond donors (Lipinski definition) is 3. The third kappa shape index (κ3) is 9.19. The van der Waals surface area contributed by atoms with Crippen molar-refractivity contribution in [1.29, 1.82) is 0 Å². The van der Waals surface area contributed by atoms with Crippen molar-refractivity contribution in [1.82, 2.24) is 10.6 Å². The number of amides is 1. The van der Waals surface area contributed by atoms with E-state index in [1.54, 1.807) is 38.4 Å². The minimum atomic E-state index is -0.210. The van der Waals surface area contributed by atoms with Gasteiger partial charge in [0.15, 0.2) is 5.96 Å².